The Morgan fingerprint density at radius 3 is 2.64 bits per heavy atom. The van der Waals surface area contributed by atoms with Crippen LogP contribution in [0, 0.1) is 46.3 Å². The van der Waals surface area contributed by atoms with Crippen LogP contribution in [0.4, 0.5) is 4.79 Å². The Morgan fingerprint density at radius 1 is 1.09 bits per heavy atom. The highest BCUT2D eigenvalue weighted by atomic mass is 33.1. The van der Waals surface area contributed by atoms with E-state index in [9.17, 15) is 14.7 Å². The third-order valence-electron chi connectivity index (χ3n) is 12.2. The number of aliphatic carboxylic acids is 1. The highest BCUT2D eigenvalue weighted by molar-refractivity contribution is 8.76. The van der Waals surface area contributed by atoms with Crippen LogP contribution in [0.5, 0.6) is 0 Å². The van der Waals surface area contributed by atoms with Crippen molar-refractivity contribution >= 4 is 39.5 Å². The fourth-order valence-electron chi connectivity index (χ4n) is 9.84. The average Bonchev–Trinajstić information content (AvgIpc) is 3.34. The number of carboxylic acids is 1. The molecule has 45 heavy (non-hydrogen) atoms. The number of hydrogen-bond acceptors (Lipinski definition) is 7. The minimum absolute atomic E-state index is 0.00650. The molecule has 256 valence electrons. The lowest BCUT2D eigenvalue weighted by atomic mass is 9.47. The normalized spacial score (nSPS) is 33.5. The van der Waals surface area contributed by atoms with E-state index in [1.807, 2.05) is 0 Å². The zero-order valence-electron chi connectivity index (χ0n) is 28.6. The third kappa shape index (κ3) is 9.39. The summed E-state index contributed by atoms with van der Waals surface area (Å²) in [5, 5.41) is 13.3. The number of carbonyl (C=O) groups is 2. The van der Waals surface area contributed by atoms with E-state index in [4.69, 9.17) is 10.5 Å². The Bertz CT molecular complexity index is 1070. The van der Waals surface area contributed by atoms with Gasteiger partial charge in [0.1, 0.15) is 6.10 Å². The molecule has 7 nitrogen and oxygen atoms in total. The molecule has 0 aromatic rings. The number of ether oxygens (including phenoxy) is 1. The van der Waals surface area contributed by atoms with Crippen molar-refractivity contribution in [1.29, 1.82) is 0 Å². The number of aliphatic imine (C=N–C) groups is 1. The van der Waals surface area contributed by atoms with Crippen LogP contribution in [0.2, 0.25) is 0 Å². The van der Waals surface area contributed by atoms with Gasteiger partial charge in [0.05, 0.1) is 18.3 Å². The Balaban J connectivity index is 1.21. The summed E-state index contributed by atoms with van der Waals surface area (Å²) in [6, 6.07) is 0. The first-order valence-electron chi connectivity index (χ1n) is 17.8. The van der Waals surface area contributed by atoms with E-state index in [0.717, 1.165) is 66.9 Å². The quantitative estimate of drug-likeness (QED) is 0.0582. The van der Waals surface area contributed by atoms with Gasteiger partial charge in [0.25, 0.3) is 0 Å². The van der Waals surface area contributed by atoms with E-state index < -0.39 is 5.97 Å². The monoisotopic (exact) mass is 662 g/mol. The number of nitrogens with one attached hydrogen (secondary N) is 1. The van der Waals surface area contributed by atoms with Crippen LogP contribution in [-0.2, 0) is 9.53 Å². The molecular formula is C36H60N3O4S2-. The molecule has 9 heteroatoms. The number of alkyl carbamates (subject to hydrolysis) is 1. The van der Waals surface area contributed by atoms with E-state index in [0.29, 0.717) is 30.8 Å². The number of rotatable bonds is 16. The minimum Gasteiger partial charge on any atom is -0.549 e. The van der Waals surface area contributed by atoms with Crippen LogP contribution in [-0.4, -0.2) is 48.6 Å². The lowest BCUT2D eigenvalue weighted by Crippen LogP contribution is -2.51. The predicted molar refractivity (Wildman–Crippen MR) is 187 cm³/mol. The summed E-state index contributed by atoms with van der Waals surface area (Å²) < 4.78 is 5.90. The first-order chi connectivity index (χ1) is 21.4. The largest absolute Gasteiger partial charge is 0.549 e. The molecular weight excluding hydrogens is 603 g/mol. The number of fused-ring (bicyclic) bond motifs is 5. The number of nitrogens with zero attached hydrogens (tertiary/aromatic N) is 1. The molecule has 1 amide bonds. The molecule has 0 bridgehead atoms. The molecule has 0 spiro atoms. The number of amides is 1. The zero-order valence-corrected chi connectivity index (χ0v) is 30.2. The van der Waals surface area contributed by atoms with Crippen molar-refractivity contribution in [3.05, 3.63) is 11.6 Å². The SMILES string of the molecule is CC(C)CCC[C@@H](C)[C@H]1CC[C@H]2[C@@H]3CC=C4C[C@@H](OC(=O)NCCN=C(N)CCCSSCC(=O)[O-])CC[C@]4(C)[C@H]3CC[C@]12C. The van der Waals surface area contributed by atoms with Crippen molar-refractivity contribution in [3.63, 3.8) is 0 Å². The van der Waals surface area contributed by atoms with E-state index >= 15 is 0 Å². The molecule has 0 aromatic heterocycles. The standard InChI is InChI=1S/C36H61N3O4S2/c1-24(2)8-6-9-25(3)29-13-14-30-28-12-11-26-22-27(15-17-35(26,4)31(28)16-18-36(29,30)5)43-34(42)39-20-19-38-32(37)10-7-21-44-45-23-33(40)41/h11,24-25,27-31H,6-10,12-23H2,1-5H3,(H2,37,38)(H,39,42)(H,40,41)/p-1/t25-,27+,28+,29-,30+,31+,35+,36-/m1/s1. The van der Waals surface area contributed by atoms with Crippen LogP contribution in [0.25, 0.3) is 0 Å². The zero-order chi connectivity index (χ0) is 32.6. The maximum Gasteiger partial charge on any atom is 0.407 e. The molecule has 0 radical (unpaired) electrons. The molecule has 3 saturated carbocycles. The lowest BCUT2D eigenvalue weighted by molar-refractivity contribution is -0.301. The Kier molecular flexibility index (Phi) is 13.5. The van der Waals surface area contributed by atoms with E-state index in [1.54, 1.807) is 5.57 Å². The molecule has 0 aromatic carbocycles. The van der Waals surface area contributed by atoms with Gasteiger partial charge in [-0.3, -0.25) is 4.99 Å². The molecule has 0 heterocycles. The molecule has 4 rings (SSSR count). The van der Waals surface area contributed by atoms with Crippen LogP contribution in [0.15, 0.2) is 16.6 Å². The second-order valence-corrected chi connectivity index (χ2v) is 18.0. The van der Waals surface area contributed by atoms with Gasteiger partial charge >= 0.3 is 6.09 Å². The van der Waals surface area contributed by atoms with Crippen LogP contribution >= 0.6 is 21.6 Å². The van der Waals surface area contributed by atoms with Crippen molar-refractivity contribution in [1.82, 2.24) is 5.32 Å². The maximum atomic E-state index is 12.6. The molecule has 0 unspecified atom stereocenters. The molecule has 4 aliphatic carbocycles. The van der Waals surface area contributed by atoms with Gasteiger partial charge in [0.15, 0.2) is 0 Å². The summed E-state index contributed by atoms with van der Waals surface area (Å²) in [6.45, 7) is 13.3. The van der Waals surface area contributed by atoms with Crippen molar-refractivity contribution in [2.75, 3.05) is 24.6 Å². The summed E-state index contributed by atoms with van der Waals surface area (Å²) in [7, 11) is 2.78. The number of hydrogen-bond donors (Lipinski definition) is 2. The maximum absolute atomic E-state index is 12.6. The fourth-order valence-corrected chi connectivity index (χ4v) is 11.6. The molecule has 4 aliphatic rings. The first-order valence-corrected chi connectivity index (χ1v) is 20.3. The average molecular weight is 663 g/mol. The topological polar surface area (TPSA) is 117 Å². The van der Waals surface area contributed by atoms with Gasteiger partial charge in [0, 0.05) is 30.9 Å². The van der Waals surface area contributed by atoms with Crippen molar-refractivity contribution < 1.29 is 19.4 Å². The number of amidine groups is 1. The Morgan fingerprint density at radius 2 is 1.89 bits per heavy atom. The molecule has 0 aliphatic heterocycles. The molecule has 8 atom stereocenters. The Labute approximate surface area is 280 Å². The second-order valence-electron chi connectivity index (χ2n) is 15.4. The fraction of sp³-hybridized carbons (Fsp3) is 0.861. The van der Waals surface area contributed by atoms with Crippen molar-refractivity contribution in [2.24, 2.45) is 57.1 Å². The van der Waals surface area contributed by atoms with Crippen molar-refractivity contribution in [3.8, 4) is 0 Å². The summed E-state index contributed by atoms with van der Waals surface area (Å²) in [5.74, 6) is 5.28. The summed E-state index contributed by atoms with van der Waals surface area (Å²) in [5.41, 5.74) is 8.28. The first kappa shape index (κ1) is 36.5. The highest BCUT2D eigenvalue weighted by Crippen LogP contribution is 2.67. The van der Waals surface area contributed by atoms with Gasteiger partial charge in [0.2, 0.25) is 0 Å². The summed E-state index contributed by atoms with van der Waals surface area (Å²) in [4.78, 5) is 27.4. The van der Waals surface area contributed by atoms with Gasteiger partial charge in [-0.1, -0.05) is 87.1 Å². The number of carboxylic acid groups (broad SMARTS) is 1. The summed E-state index contributed by atoms with van der Waals surface area (Å²) >= 11 is 0. The number of nitrogens with two attached hydrogens (primary N) is 1. The molecule has 3 fully saturated rings. The molecule has 0 saturated heterocycles. The van der Waals surface area contributed by atoms with E-state index in [1.165, 1.54) is 73.0 Å². The van der Waals surface area contributed by atoms with Crippen LogP contribution in [0.3, 0.4) is 0 Å². The highest BCUT2D eigenvalue weighted by Gasteiger charge is 2.59. The molecule has 3 N–H and O–H groups in total. The second kappa shape index (κ2) is 16.7. The minimum atomic E-state index is -1.05. The van der Waals surface area contributed by atoms with Crippen molar-refractivity contribution in [2.45, 2.75) is 124 Å². The van der Waals surface area contributed by atoms with Gasteiger partial charge < -0.3 is 25.7 Å². The van der Waals surface area contributed by atoms with Gasteiger partial charge in [-0.25, -0.2) is 4.79 Å². The predicted octanol–water partition coefficient (Wildman–Crippen LogP) is 7.39. The number of allylic oxidation sites excluding steroid dienone is 1. The van der Waals surface area contributed by atoms with E-state index in [2.05, 4.69) is 51.0 Å². The van der Waals surface area contributed by atoms with Crippen LogP contribution in [0.1, 0.15) is 118 Å². The smallest absolute Gasteiger partial charge is 0.407 e. The summed E-state index contributed by atoms with van der Waals surface area (Å²) in [6.07, 6.45) is 17.5. The number of carbonyl (C=O) groups excluding carboxylic acids is 2. The van der Waals surface area contributed by atoms with E-state index in [-0.39, 0.29) is 23.4 Å². The Hall–Kier alpha value is -1.35. The van der Waals surface area contributed by atoms with Crippen LogP contribution < -0.4 is 16.2 Å². The lowest BCUT2D eigenvalue weighted by Gasteiger charge is -2.58. The third-order valence-corrected chi connectivity index (χ3v) is 14.5. The van der Waals surface area contributed by atoms with Gasteiger partial charge in [-0.2, -0.15) is 0 Å². The van der Waals surface area contributed by atoms with Gasteiger partial charge in [-0.15, -0.1) is 0 Å². The van der Waals surface area contributed by atoms with Gasteiger partial charge in [-0.05, 0) is 97.7 Å².